The van der Waals surface area contributed by atoms with Gasteiger partial charge in [-0.05, 0) is 30.6 Å². The van der Waals surface area contributed by atoms with Gasteiger partial charge in [0.1, 0.15) is 5.76 Å². The highest BCUT2D eigenvalue weighted by molar-refractivity contribution is 5.44. The second-order valence-electron chi connectivity index (χ2n) is 3.34. The summed E-state index contributed by atoms with van der Waals surface area (Å²) >= 11 is 0. The Kier molecular flexibility index (Phi) is 2.35. The molecule has 0 saturated heterocycles. The second-order valence-corrected chi connectivity index (χ2v) is 3.34. The summed E-state index contributed by atoms with van der Waals surface area (Å²) in [6.07, 6.45) is 13.5. The van der Waals surface area contributed by atoms with Crippen LogP contribution in [0, 0.1) is 0 Å². The molecule has 1 aliphatic carbocycles. The lowest BCUT2D eigenvalue weighted by Crippen LogP contribution is -2.02. The van der Waals surface area contributed by atoms with Crippen molar-refractivity contribution in [3.63, 3.8) is 0 Å². The molecule has 0 aromatic carbocycles. The fourth-order valence-electron chi connectivity index (χ4n) is 1.74. The third kappa shape index (κ3) is 1.59. The third-order valence-corrected chi connectivity index (χ3v) is 2.37. The molecule has 0 bridgehead atoms. The lowest BCUT2D eigenvalue weighted by Gasteiger charge is -2.19. The third-order valence-electron chi connectivity index (χ3n) is 2.37. The van der Waals surface area contributed by atoms with E-state index in [1.165, 1.54) is 17.6 Å². The van der Waals surface area contributed by atoms with Gasteiger partial charge in [-0.25, -0.2) is 0 Å². The lowest BCUT2D eigenvalue weighted by molar-refractivity contribution is 0.351. The highest BCUT2D eigenvalue weighted by Gasteiger charge is 2.14. The van der Waals surface area contributed by atoms with Crippen LogP contribution in [0.5, 0.6) is 0 Å². The molecule has 1 nitrogen and oxygen atoms in total. The Balaban J connectivity index is 2.31. The fourth-order valence-corrected chi connectivity index (χ4v) is 1.74. The van der Waals surface area contributed by atoms with Crippen molar-refractivity contribution >= 4 is 0 Å². The zero-order chi connectivity index (χ0) is 9.10. The molecule has 13 heavy (non-hydrogen) atoms. The first-order chi connectivity index (χ1) is 6.42. The number of hydrogen-bond donors (Lipinski definition) is 0. The molecule has 68 valence electrons. The molecule has 1 heterocycles. The number of allylic oxidation sites excluding steroid dienone is 6. The van der Waals surface area contributed by atoms with Crippen molar-refractivity contribution in [1.29, 1.82) is 0 Å². The molecule has 0 atom stereocenters. The zero-order valence-electron chi connectivity index (χ0n) is 7.92. The summed E-state index contributed by atoms with van der Waals surface area (Å²) < 4.78 is 5.43. The summed E-state index contributed by atoms with van der Waals surface area (Å²) in [4.78, 5) is 0. The van der Waals surface area contributed by atoms with Crippen molar-refractivity contribution < 1.29 is 4.74 Å². The van der Waals surface area contributed by atoms with Crippen LogP contribution >= 0.6 is 0 Å². The van der Waals surface area contributed by atoms with Crippen molar-refractivity contribution in [1.82, 2.24) is 0 Å². The van der Waals surface area contributed by atoms with E-state index in [1.807, 2.05) is 6.08 Å². The van der Waals surface area contributed by atoms with Crippen LogP contribution in [0.2, 0.25) is 0 Å². The molecular weight excluding hydrogens is 160 g/mol. The quantitative estimate of drug-likeness (QED) is 0.622. The van der Waals surface area contributed by atoms with E-state index >= 15 is 0 Å². The highest BCUT2D eigenvalue weighted by Crippen LogP contribution is 2.30. The number of fused-ring (bicyclic) bond motifs is 1. The standard InChI is InChI=1S/C12H14O/c1-2-5-10-8-9-13-12-7-4-3-6-11(10)12/h3-4,7-9H,2,5-6H2,1H3. The second kappa shape index (κ2) is 3.65. The average molecular weight is 174 g/mol. The maximum Gasteiger partial charge on any atom is 0.130 e. The Morgan fingerprint density at radius 3 is 3.23 bits per heavy atom. The average Bonchev–Trinajstić information content (AvgIpc) is 2.19. The van der Waals surface area contributed by atoms with Crippen molar-refractivity contribution in [3.8, 4) is 0 Å². The Bertz CT molecular complexity index is 316. The van der Waals surface area contributed by atoms with Gasteiger partial charge in [-0.2, -0.15) is 0 Å². The molecule has 0 spiro atoms. The van der Waals surface area contributed by atoms with Gasteiger partial charge in [0.05, 0.1) is 6.26 Å². The van der Waals surface area contributed by atoms with Gasteiger partial charge in [0, 0.05) is 5.57 Å². The van der Waals surface area contributed by atoms with E-state index in [-0.39, 0.29) is 0 Å². The van der Waals surface area contributed by atoms with Crippen LogP contribution in [0.15, 0.2) is 47.5 Å². The molecule has 2 aliphatic rings. The normalized spacial score (nSPS) is 19.6. The summed E-state index contributed by atoms with van der Waals surface area (Å²) in [5.74, 6) is 1.04. The van der Waals surface area contributed by atoms with Crippen molar-refractivity contribution in [2.75, 3.05) is 0 Å². The van der Waals surface area contributed by atoms with Crippen LogP contribution in [0.25, 0.3) is 0 Å². The van der Waals surface area contributed by atoms with Gasteiger partial charge in [-0.1, -0.05) is 25.5 Å². The van der Waals surface area contributed by atoms with E-state index in [1.54, 1.807) is 6.26 Å². The van der Waals surface area contributed by atoms with Crippen molar-refractivity contribution in [2.24, 2.45) is 0 Å². The fraction of sp³-hybridized carbons (Fsp3) is 0.333. The van der Waals surface area contributed by atoms with Crippen LogP contribution in [0.1, 0.15) is 26.2 Å². The van der Waals surface area contributed by atoms with Gasteiger partial charge in [-0.15, -0.1) is 0 Å². The number of rotatable bonds is 2. The van der Waals surface area contributed by atoms with E-state index in [4.69, 9.17) is 4.74 Å². The van der Waals surface area contributed by atoms with Gasteiger partial charge in [0.25, 0.3) is 0 Å². The molecule has 0 aromatic rings. The summed E-state index contributed by atoms with van der Waals surface area (Å²) in [5, 5.41) is 0. The van der Waals surface area contributed by atoms with Crippen LogP contribution in [0.3, 0.4) is 0 Å². The first-order valence-electron chi connectivity index (χ1n) is 4.84. The Labute approximate surface area is 79.1 Å². The van der Waals surface area contributed by atoms with E-state index in [9.17, 15) is 0 Å². The molecule has 0 aromatic heterocycles. The summed E-state index contributed by atoms with van der Waals surface area (Å²) in [7, 11) is 0. The Hall–Kier alpha value is -1.24. The first-order valence-corrected chi connectivity index (χ1v) is 4.84. The molecule has 2 rings (SSSR count). The van der Waals surface area contributed by atoms with Crippen LogP contribution in [-0.4, -0.2) is 0 Å². The van der Waals surface area contributed by atoms with Crippen LogP contribution in [-0.2, 0) is 4.74 Å². The molecule has 1 heteroatoms. The topological polar surface area (TPSA) is 9.23 Å². The molecule has 0 amide bonds. The van der Waals surface area contributed by atoms with Gasteiger partial charge in [-0.3, -0.25) is 0 Å². The predicted octanol–water partition coefficient (Wildman–Crippen LogP) is 3.47. The van der Waals surface area contributed by atoms with Gasteiger partial charge in [0.2, 0.25) is 0 Å². The SMILES string of the molecule is CCCC1=C2CC=CC=C2OC=C1. The highest BCUT2D eigenvalue weighted by atomic mass is 16.5. The monoisotopic (exact) mass is 174 g/mol. The van der Waals surface area contributed by atoms with E-state index in [0.29, 0.717) is 0 Å². The molecule has 0 saturated carbocycles. The maximum atomic E-state index is 5.43. The van der Waals surface area contributed by atoms with E-state index in [2.05, 4.69) is 25.2 Å². The smallest absolute Gasteiger partial charge is 0.130 e. The van der Waals surface area contributed by atoms with Crippen molar-refractivity contribution in [3.05, 3.63) is 47.5 Å². The van der Waals surface area contributed by atoms with E-state index in [0.717, 1.165) is 18.6 Å². The molecule has 0 fully saturated rings. The Morgan fingerprint density at radius 2 is 2.38 bits per heavy atom. The minimum atomic E-state index is 1.02. The van der Waals surface area contributed by atoms with Crippen molar-refractivity contribution in [2.45, 2.75) is 26.2 Å². The molecule has 0 radical (unpaired) electrons. The summed E-state index contributed by atoms with van der Waals surface area (Å²) in [5.41, 5.74) is 2.80. The first kappa shape index (κ1) is 8.36. The summed E-state index contributed by atoms with van der Waals surface area (Å²) in [6.45, 7) is 2.21. The minimum absolute atomic E-state index is 1.02. The summed E-state index contributed by atoms with van der Waals surface area (Å²) in [6, 6.07) is 0. The number of hydrogen-bond acceptors (Lipinski definition) is 1. The molecule has 0 N–H and O–H groups in total. The molecular formula is C12H14O. The van der Waals surface area contributed by atoms with Crippen LogP contribution in [0.4, 0.5) is 0 Å². The van der Waals surface area contributed by atoms with Gasteiger partial charge in [0.15, 0.2) is 0 Å². The molecule has 1 aliphatic heterocycles. The predicted molar refractivity (Wildman–Crippen MR) is 54.0 cm³/mol. The van der Waals surface area contributed by atoms with E-state index < -0.39 is 0 Å². The maximum absolute atomic E-state index is 5.43. The van der Waals surface area contributed by atoms with Crippen LogP contribution < -0.4 is 0 Å². The lowest BCUT2D eigenvalue weighted by atomic mass is 9.95. The van der Waals surface area contributed by atoms with Gasteiger partial charge < -0.3 is 4.74 Å². The Morgan fingerprint density at radius 1 is 1.46 bits per heavy atom. The molecule has 0 unspecified atom stereocenters. The largest absolute Gasteiger partial charge is 0.465 e. The van der Waals surface area contributed by atoms with Gasteiger partial charge >= 0.3 is 0 Å². The minimum Gasteiger partial charge on any atom is -0.465 e. The zero-order valence-corrected chi connectivity index (χ0v) is 7.92. The number of ether oxygens (including phenoxy) is 1.